The molecule has 0 saturated heterocycles. The minimum Gasteiger partial charge on any atom is -0.296 e. The molecule has 1 atom stereocenters. The molecule has 3 nitrogen and oxygen atoms in total. The zero-order valence-corrected chi connectivity index (χ0v) is 18.7. The van der Waals surface area contributed by atoms with Crippen molar-refractivity contribution < 1.29 is 4.57 Å². The van der Waals surface area contributed by atoms with E-state index in [-0.39, 0.29) is 0 Å². The van der Waals surface area contributed by atoms with Crippen LogP contribution in [0.1, 0.15) is 33.9 Å². The first-order valence-corrected chi connectivity index (χ1v) is 11.5. The Bertz CT molecular complexity index is 1040. The predicted octanol–water partition coefficient (Wildman–Crippen LogP) is 5.66. The molecule has 29 heavy (non-hydrogen) atoms. The Labute approximate surface area is 177 Å². The van der Waals surface area contributed by atoms with Crippen LogP contribution in [-0.4, -0.2) is 0 Å². The van der Waals surface area contributed by atoms with Crippen LogP contribution < -0.4 is 15.7 Å². The first-order chi connectivity index (χ1) is 13.8. The maximum absolute atomic E-state index is 14.8. The van der Waals surface area contributed by atoms with Crippen LogP contribution in [0.3, 0.4) is 0 Å². The van der Waals surface area contributed by atoms with Gasteiger partial charge in [0.1, 0.15) is 6.04 Å². The first-order valence-electron chi connectivity index (χ1n) is 9.44. The lowest BCUT2D eigenvalue weighted by Crippen LogP contribution is -2.34. The standard InChI is InChI=1S/C24H24ClN2OP/c1-16-7-5-8-17(2)23(16)29(28,24-18(3)9-6-10-19(24)4)27-22(15-26)20-11-13-21(25)14-12-20/h5-14,22H,1-4H3,(H,27,28)/t22-/m0/s1. The smallest absolute Gasteiger partial charge is 0.207 e. The molecule has 148 valence electrons. The van der Waals surface area contributed by atoms with Gasteiger partial charge in [0.05, 0.1) is 6.07 Å². The van der Waals surface area contributed by atoms with Crippen molar-refractivity contribution in [1.82, 2.24) is 5.09 Å². The average Bonchev–Trinajstić information content (AvgIpc) is 2.66. The van der Waals surface area contributed by atoms with Crippen molar-refractivity contribution in [2.75, 3.05) is 0 Å². The second kappa shape index (κ2) is 8.56. The number of rotatable bonds is 5. The highest BCUT2D eigenvalue weighted by atomic mass is 35.5. The zero-order valence-electron chi connectivity index (χ0n) is 17.0. The molecular weight excluding hydrogens is 399 g/mol. The van der Waals surface area contributed by atoms with Crippen molar-refractivity contribution in [3.8, 4) is 6.07 Å². The van der Waals surface area contributed by atoms with Gasteiger partial charge < -0.3 is 0 Å². The van der Waals surface area contributed by atoms with E-state index < -0.39 is 13.3 Å². The quantitative estimate of drug-likeness (QED) is 0.540. The Morgan fingerprint density at radius 1 is 0.828 bits per heavy atom. The molecule has 0 aliphatic carbocycles. The van der Waals surface area contributed by atoms with Gasteiger partial charge in [-0.1, -0.05) is 60.1 Å². The highest BCUT2D eigenvalue weighted by Gasteiger charge is 2.35. The van der Waals surface area contributed by atoms with Crippen LogP contribution in [0.25, 0.3) is 0 Å². The lowest BCUT2D eigenvalue weighted by atomic mass is 10.1. The van der Waals surface area contributed by atoms with E-state index >= 15 is 0 Å². The highest BCUT2D eigenvalue weighted by Crippen LogP contribution is 2.45. The molecule has 5 heteroatoms. The monoisotopic (exact) mass is 422 g/mol. The lowest BCUT2D eigenvalue weighted by molar-refractivity contribution is 0.573. The molecule has 0 fully saturated rings. The van der Waals surface area contributed by atoms with Gasteiger partial charge >= 0.3 is 0 Å². The third-order valence-electron chi connectivity index (χ3n) is 5.15. The van der Waals surface area contributed by atoms with E-state index in [1.54, 1.807) is 24.3 Å². The van der Waals surface area contributed by atoms with Gasteiger partial charge in [0.15, 0.2) is 0 Å². The molecule has 0 aromatic heterocycles. The summed E-state index contributed by atoms with van der Waals surface area (Å²) >= 11 is 6.01. The summed E-state index contributed by atoms with van der Waals surface area (Å²) in [5.74, 6) is 0. The van der Waals surface area contributed by atoms with Crippen molar-refractivity contribution in [2.24, 2.45) is 0 Å². The molecule has 3 aromatic carbocycles. The summed E-state index contributed by atoms with van der Waals surface area (Å²) in [4.78, 5) is 0. The minimum absolute atomic E-state index is 0.595. The molecule has 3 aromatic rings. The average molecular weight is 423 g/mol. The molecule has 0 bridgehead atoms. The summed E-state index contributed by atoms with van der Waals surface area (Å²) < 4.78 is 14.8. The lowest BCUT2D eigenvalue weighted by Gasteiger charge is -2.29. The summed E-state index contributed by atoms with van der Waals surface area (Å²) in [6.07, 6.45) is 0. The van der Waals surface area contributed by atoms with Gasteiger partial charge in [-0.25, -0.2) is 5.09 Å². The summed E-state index contributed by atoms with van der Waals surface area (Å²) in [6, 6.07) is 20.4. The van der Waals surface area contributed by atoms with Crippen molar-refractivity contribution in [3.05, 3.63) is 93.5 Å². The largest absolute Gasteiger partial charge is 0.296 e. The normalized spacial score (nSPS) is 12.4. The van der Waals surface area contributed by atoms with E-state index in [1.807, 2.05) is 64.1 Å². The van der Waals surface area contributed by atoms with Crippen LogP contribution in [0, 0.1) is 39.0 Å². The van der Waals surface area contributed by atoms with Gasteiger partial charge in [0.2, 0.25) is 7.29 Å². The van der Waals surface area contributed by atoms with Gasteiger partial charge in [0, 0.05) is 15.6 Å². The number of nitrogens with zero attached hydrogens (tertiary/aromatic N) is 1. The third kappa shape index (κ3) is 4.16. The molecule has 3 rings (SSSR count). The maximum Gasteiger partial charge on any atom is 0.207 e. The SMILES string of the molecule is Cc1cccc(C)c1P(=O)(N[C@@H](C#N)c1ccc(Cl)cc1)c1c(C)cccc1C. The molecule has 0 unspecified atom stereocenters. The highest BCUT2D eigenvalue weighted by molar-refractivity contribution is 7.77. The van der Waals surface area contributed by atoms with Crippen molar-refractivity contribution in [2.45, 2.75) is 33.7 Å². The summed E-state index contributed by atoms with van der Waals surface area (Å²) in [5.41, 5.74) is 4.50. The molecule has 1 N–H and O–H groups in total. The summed E-state index contributed by atoms with van der Waals surface area (Å²) in [6.45, 7) is 7.86. The number of nitriles is 1. The van der Waals surface area contributed by atoms with E-state index in [4.69, 9.17) is 11.6 Å². The van der Waals surface area contributed by atoms with E-state index in [0.717, 1.165) is 38.4 Å². The summed E-state index contributed by atoms with van der Waals surface area (Å²) in [7, 11) is -3.33. The van der Waals surface area contributed by atoms with Crippen LogP contribution in [-0.2, 0) is 4.57 Å². The number of benzene rings is 3. The minimum atomic E-state index is -3.33. The number of nitrogens with one attached hydrogen (secondary N) is 1. The number of halogens is 1. The second-order valence-electron chi connectivity index (χ2n) is 7.33. The molecule has 0 amide bonds. The third-order valence-corrected chi connectivity index (χ3v) is 8.70. The second-order valence-corrected chi connectivity index (χ2v) is 10.1. The van der Waals surface area contributed by atoms with Gasteiger partial charge in [0.25, 0.3) is 0 Å². The fourth-order valence-corrected chi connectivity index (χ4v) is 7.32. The fraction of sp³-hybridized carbons (Fsp3) is 0.208. The molecule has 0 radical (unpaired) electrons. The molecule has 0 spiro atoms. The molecule has 0 heterocycles. The topological polar surface area (TPSA) is 52.9 Å². The summed E-state index contributed by atoms with van der Waals surface area (Å²) in [5, 5.41) is 15.3. The van der Waals surface area contributed by atoms with Crippen LogP contribution in [0.5, 0.6) is 0 Å². The van der Waals surface area contributed by atoms with Crippen molar-refractivity contribution in [3.63, 3.8) is 0 Å². The Morgan fingerprint density at radius 3 is 1.62 bits per heavy atom. The van der Waals surface area contributed by atoms with Gasteiger partial charge in [-0.2, -0.15) is 5.26 Å². The van der Waals surface area contributed by atoms with Gasteiger partial charge in [-0.15, -0.1) is 0 Å². The van der Waals surface area contributed by atoms with E-state index in [1.165, 1.54) is 0 Å². The Morgan fingerprint density at radius 2 is 1.24 bits per heavy atom. The molecule has 0 saturated carbocycles. The zero-order chi connectivity index (χ0) is 21.2. The Kier molecular flexibility index (Phi) is 6.30. The van der Waals surface area contributed by atoms with Gasteiger partial charge in [-0.3, -0.25) is 4.57 Å². The molecular formula is C24H24ClN2OP. The van der Waals surface area contributed by atoms with E-state index in [0.29, 0.717) is 5.02 Å². The van der Waals surface area contributed by atoms with Gasteiger partial charge in [-0.05, 0) is 67.6 Å². The fourth-order valence-electron chi connectivity index (χ4n) is 3.86. The first kappa shape index (κ1) is 21.3. The van der Waals surface area contributed by atoms with Crippen LogP contribution in [0.15, 0.2) is 60.7 Å². The number of hydrogen-bond acceptors (Lipinski definition) is 2. The van der Waals surface area contributed by atoms with E-state index in [9.17, 15) is 9.83 Å². The Hall–Kier alpha value is -2.37. The van der Waals surface area contributed by atoms with E-state index in [2.05, 4.69) is 11.2 Å². The Balaban J connectivity index is 2.25. The molecule has 0 aliphatic heterocycles. The molecule has 0 aliphatic rings. The van der Waals surface area contributed by atoms with Crippen molar-refractivity contribution in [1.29, 1.82) is 5.26 Å². The maximum atomic E-state index is 14.8. The van der Waals surface area contributed by atoms with Crippen LogP contribution in [0.2, 0.25) is 5.02 Å². The van der Waals surface area contributed by atoms with Crippen molar-refractivity contribution >= 4 is 29.5 Å². The number of hydrogen-bond donors (Lipinski definition) is 1. The van der Waals surface area contributed by atoms with Crippen LogP contribution >= 0.6 is 18.9 Å². The number of aryl methyl sites for hydroxylation is 4. The predicted molar refractivity (Wildman–Crippen MR) is 122 cm³/mol. The van der Waals surface area contributed by atoms with Crippen LogP contribution in [0.4, 0.5) is 0 Å².